The monoisotopic (exact) mass is 397 g/mol. The lowest BCUT2D eigenvalue weighted by atomic mass is 9.48. The average molecular weight is 398 g/mol. The average Bonchev–Trinajstić information content (AvgIpc) is 3.13. The smallest absolute Gasteiger partial charge is 0.287 e. The van der Waals surface area contributed by atoms with Crippen LogP contribution in [0.5, 0.6) is 0 Å². The molecule has 6 rings (SSSR count). The van der Waals surface area contributed by atoms with Gasteiger partial charge in [0.05, 0.1) is 0 Å². The number of hydrogen-bond donors (Lipinski definition) is 1. The Morgan fingerprint density at radius 3 is 2.39 bits per heavy atom. The number of halogens is 1. The van der Waals surface area contributed by atoms with Crippen molar-refractivity contribution >= 4 is 17.5 Å². The maximum absolute atomic E-state index is 12.9. The summed E-state index contributed by atoms with van der Waals surface area (Å²) in [7, 11) is 0. The SMILES string of the molecule is Cc1c(Cl)cccc1-c1ccc(C(=O)N[C@H](C)C23CC4CC(CC(C4)C2)C3)o1. The number of benzene rings is 1. The number of carbonyl (C=O) groups excluding carboxylic acids is 1. The highest BCUT2D eigenvalue weighted by molar-refractivity contribution is 6.31. The second-order valence-electron chi connectivity index (χ2n) is 9.55. The first-order valence-electron chi connectivity index (χ1n) is 10.6. The van der Waals surface area contributed by atoms with Crippen LogP contribution < -0.4 is 5.32 Å². The van der Waals surface area contributed by atoms with Gasteiger partial charge in [-0.1, -0.05) is 23.7 Å². The van der Waals surface area contributed by atoms with Crippen LogP contribution in [-0.4, -0.2) is 11.9 Å². The molecule has 148 valence electrons. The molecule has 0 saturated heterocycles. The van der Waals surface area contributed by atoms with Crippen molar-refractivity contribution in [3.63, 3.8) is 0 Å². The van der Waals surface area contributed by atoms with Gasteiger partial charge in [0, 0.05) is 16.6 Å². The number of hydrogen-bond acceptors (Lipinski definition) is 2. The molecule has 4 saturated carbocycles. The van der Waals surface area contributed by atoms with Gasteiger partial charge >= 0.3 is 0 Å². The predicted octanol–water partition coefficient (Wildman–Crippen LogP) is 6.24. The lowest BCUT2D eigenvalue weighted by molar-refractivity contribution is -0.0688. The van der Waals surface area contributed by atoms with Crippen molar-refractivity contribution in [2.45, 2.75) is 58.4 Å². The predicted molar refractivity (Wildman–Crippen MR) is 111 cm³/mol. The van der Waals surface area contributed by atoms with Gasteiger partial charge in [0.15, 0.2) is 5.76 Å². The van der Waals surface area contributed by atoms with Gasteiger partial charge in [-0.3, -0.25) is 4.79 Å². The summed E-state index contributed by atoms with van der Waals surface area (Å²) in [6.45, 7) is 4.17. The second-order valence-corrected chi connectivity index (χ2v) is 9.96. The zero-order chi connectivity index (χ0) is 19.5. The van der Waals surface area contributed by atoms with Crippen molar-refractivity contribution in [3.8, 4) is 11.3 Å². The van der Waals surface area contributed by atoms with Crippen LogP contribution in [0.2, 0.25) is 5.02 Å². The Hall–Kier alpha value is -1.74. The van der Waals surface area contributed by atoms with E-state index < -0.39 is 0 Å². The van der Waals surface area contributed by atoms with E-state index in [9.17, 15) is 4.79 Å². The summed E-state index contributed by atoms with van der Waals surface area (Å²) >= 11 is 6.23. The molecule has 1 amide bonds. The van der Waals surface area contributed by atoms with Gasteiger partial charge in [0.25, 0.3) is 5.91 Å². The third kappa shape index (κ3) is 2.99. The fourth-order valence-corrected chi connectivity index (χ4v) is 6.78. The van der Waals surface area contributed by atoms with Crippen LogP contribution >= 0.6 is 11.6 Å². The number of nitrogens with one attached hydrogen (secondary N) is 1. The maximum atomic E-state index is 12.9. The zero-order valence-electron chi connectivity index (χ0n) is 16.6. The number of amides is 1. The molecule has 0 radical (unpaired) electrons. The van der Waals surface area contributed by atoms with Gasteiger partial charge < -0.3 is 9.73 Å². The molecule has 28 heavy (non-hydrogen) atoms. The van der Waals surface area contributed by atoms with Crippen LogP contribution in [0.15, 0.2) is 34.7 Å². The number of rotatable bonds is 4. The Balaban J connectivity index is 1.32. The van der Waals surface area contributed by atoms with E-state index >= 15 is 0 Å². The minimum absolute atomic E-state index is 0.103. The van der Waals surface area contributed by atoms with Gasteiger partial charge in [-0.05, 0) is 99.3 Å². The van der Waals surface area contributed by atoms with Gasteiger partial charge in [0.2, 0.25) is 0 Å². The van der Waals surface area contributed by atoms with Crippen LogP contribution in [0.4, 0.5) is 0 Å². The molecule has 1 N–H and O–H groups in total. The fraction of sp³-hybridized carbons (Fsp3) is 0.542. The quantitative estimate of drug-likeness (QED) is 0.663. The third-order valence-electron chi connectivity index (χ3n) is 7.71. The summed E-state index contributed by atoms with van der Waals surface area (Å²) < 4.78 is 5.92. The molecule has 3 nitrogen and oxygen atoms in total. The Labute approximate surface area is 171 Å². The first kappa shape index (κ1) is 18.3. The minimum Gasteiger partial charge on any atom is -0.451 e. The van der Waals surface area contributed by atoms with Gasteiger partial charge in [0.1, 0.15) is 5.76 Å². The van der Waals surface area contributed by atoms with E-state index in [-0.39, 0.29) is 11.9 Å². The van der Waals surface area contributed by atoms with Crippen LogP contribution in [-0.2, 0) is 0 Å². The summed E-state index contributed by atoms with van der Waals surface area (Å²) in [6, 6.07) is 9.57. The van der Waals surface area contributed by atoms with Gasteiger partial charge in [-0.2, -0.15) is 0 Å². The standard InChI is InChI=1S/C24H28ClNO2/c1-14-19(4-3-5-20(14)25)21-6-7-22(28-21)23(27)26-15(2)24-11-16-8-17(12-24)10-18(9-16)13-24/h3-7,15-18H,8-13H2,1-2H3,(H,26,27)/t15-,16?,17?,18?,24?/m1/s1. The molecule has 1 aromatic carbocycles. The molecule has 0 spiro atoms. The molecule has 4 aliphatic carbocycles. The first-order valence-corrected chi connectivity index (χ1v) is 11.0. The molecule has 1 heterocycles. The highest BCUT2D eigenvalue weighted by Crippen LogP contribution is 2.61. The van der Waals surface area contributed by atoms with Crippen LogP contribution in [0.25, 0.3) is 11.3 Å². The highest BCUT2D eigenvalue weighted by atomic mass is 35.5. The summed E-state index contributed by atoms with van der Waals surface area (Å²) in [5.74, 6) is 3.61. The number of carbonyl (C=O) groups is 1. The Bertz CT molecular complexity index is 880. The minimum atomic E-state index is -0.103. The Morgan fingerprint density at radius 2 is 1.75 bits per heavy atom. The van der Waals surface area contributed by atoms with Crippen LogP contribution in [0, 0.1) is 30.1 Å². The summed E-state index contributed by atoms with van der Waals surface area (Å²) in [4.78, 5) is 12.9. The fourth-order valence-electron chi connectivity index (χ4n) is 6.61. The van der Waals surface area contributed by atoms with Crippen LogP contribution in [0.1, 0.15) is 61.6 Å². The Kier molecular flexibility index (Phi) is 4.35. The lowest BCUT2D eigenvalue weighted by Gasteiger charge is -2.59. The molecule has 4 heteroatoms. The molecular formula is C24H28ClNO2. The molecule has 1 atom stereocenters. The Morgan fingerprint density at radius 1 is 1.11 bits per heavy atom. The molecule has 0 unspecified atom stereocenters. The normalized spacial score (nSPS) is 31.8. The van der Waals surface area contributed by atoms with Crippen molar-refractivity contribution in [2.24, 2.45) is 23.2 Å². The number of furan rings is 1. The van der Waals surface area contributed by atoms with Crippen molar-refractivity contribution in [2.75, 3.05) is 0 Å². The van der Waals surface area contributed by atoms with E-state index in [1.807, 2.05) is 31.2 Å². The van der Waals surface area contributed by atoms with E-state index in [4.69, 9.17) is 16.0 Å². The summed E-state index contributed by atoms with van der Waals surface area (Å²) in [5.41, 5.74) is 2.19. The third-order valence-corrected chi connectivity index (χ3v) is 8.12. The van der Waals surface area contributed by atoms with E-state index in [1.165, 1.54) is 38.5 Å². The molecule has 0 aliphatic heterocycles. The lowest BCUT2D eigenvalue weighted by Crippen LogP contribution is -2.55. The maximum Gasteiger partial charge on any atom is 0.287 e. The van der Waals surface area contributed by atoms with Gasteiger partial charge in [-0.15, -0.1) is 0 Å². The molecule has 4 fully saturated rings. The molecule has 4 bridgehead atoms. The van der Waals surface area contributed by atoms with Gasteiger partial charge in [-0.25, -0.2) is 0 Å². The molecule has 2 aromatic rings. The van der Waals surface area contributed by atoms with E-state index in [0.29, 0.717) is 22.0 Å². The van der Waals surface area contributed by atoms with E-state index in [2.05, 4.69) is 12.2 Å². The second kappa shape index (κ2) is 6.66. The molecule has 1 aromatic heterocycles. The van der Waals surface area contributed by atoms with E-state index in [1.54, 1.807) is 6.07 Å². The zero-order valence-corrected chi connectivity index (χ0v) is 17.4. The van der Waals surface area contributed by atoms with Crippen molar-refractivity contribution in [3.05, 3.63) is 46.7 Å². The largest absolute Gasteiger partial charge is 0.451 e. The van der Waals surface area contributed by atoms with Crippen molar-refractivity contribution < 1.29 is 9.21 Å². The molecular weight excluding hydrogens is 370 g/mol. The van der Waals surface area contributed by atoms with Crippen molar-refractivity contribution in [1.82, 2.24) is 5.32 Å². The topological polar surface area (TPSA) is 42.2 Å². The van der Waals surface area contributed by atoms with Crippen molar-refractivity contribution in [1.29, 1.82) is 0 Å². The highest BCUT2D eigenvalue weighted by Gasteiger charge is 2.53. The summed E-state index contributed by atoms with van der Waals surface area (Å²) in [5, 5.41) is 3.99. The van der Waals surface area contributed by atoms with E-state index in [0.717, 1.165) is 28.9 Å². The van der Waals surface area contributed by atoms with Crippen LogP contribution in [0.3, 0.4) is 0 Å². The molecule has 4 aliphatic rings. The first-order chi connectivity index (χ1) is 13.4. The summed E-state index contributed by atoms with van der Waals surface area (Å²) in [6.07, 6.45) is 8.10.